The fourth-order valence-electron chi connectivity index (χ4n) is 1.71. The van der Waals surface area contributed by atoms with Gasteiger partial charge in [0.05, 0.1) is 12.2 Å². The van der Waals surface area contributed by atoms with Crippen LogP contribution in [0.1, 0.15) is 17.3 Å². The molecule has 0 atom stereocenters. The Morgan fingerprint density at radius 2 is 1.94 bits per heavy atom. The first-order valence-corrected chi connectivity index (χ1v) is 5.68. The number of aromatic amines is 1. The lowest BCUT2D eigenvalue weighted by molar-refractivity contribution is 0.0527. The van der Waals surface area contributed by atoms with E-state index in [-0.39, 0.29) is 5.56 Å². The van der Waals surface area contributed by atoms with Gasteiger partial charge in [-0.2, -0.15) is 0 Å². The number of aromatic nitrogens is 1. The molecule has 18 heavy (non-hydrogen) atoms. The van der Waals surface area contributed by atoms with Crippen molar-refractivity contribution < 1.29 is 9.53 Å². The van der Waals surface area contributed by atoms with Gasteiger partial charge in [-0.05, 0) is 19.1 Å². The van der Waals surface area contributed by atoms with Gasteiger partial charge in [0, 0.05) is 17.3 Å². The second-order valence-corrected chi connectivity index (χ2v) is 3.69. The van der Waals surface area contributed by atoms with Crippen LogP contribution >= 0.6 is 0 Å². The fourth-order valence-corrected chi connectivity index (χ4v) is 1.71. The van der Waals surface area contributed by atoms with Gasteiger partial charge in [-0.15, -0.1) is 0 Å². The summed E-state index contributed by atoms with van der Waals surface area (Å²) >= 11 is 0. The van der Waals surface area contributed by atoms with Crippen LogP contribution in [-0.2, 0) is 4.74 Å². The summed E-state index contributed by atoms with van der Waals surface area (Å²) in [6.45, 7) is 2.07. The molecule has 0 unspecified atom stereocenters. The molecule has 2 rings (SSSR count). The molecule has 4 heteroatoms. The van der Waals surface area contributed by atoms with Gasteiger partial charge < -0.3 is 9.72 Å². The van der Waals surface area contributed by atoms with Crippen LogP contribution in [0.25, 0.3) is 11.3 Å². The van der Waals surface area contributed by atoms with E-state index in [1.165, 1.54) is 6.07 Å². The highest BCUT2D eigenvalue weighted by atomic mass is 16.5. The van der Waals surface area contributed by atoms with Crippen LogP contribution in [0.4, 0.5) is 0 Å². The number of pyridine rings is 1. The van der Waals surface area contributed by atoms with Gasteiger partial charge in [0.25, 0.3) is 0 Å². The zero-order valence-corrected chi connectivity index (χ0v) is 9.97. The van der Waals surface area contributed by atoms with Crippen LogP contribution in [-0.4, -0.2) is 17.6 Å². The summed E-state index contributed by atoms with van der Waals surface area (Å²) in [7, 11) is 0. The van der Waals surface area contributed by atoms with Gasteiger partial charge in [-0.1, -0.05) is 24.3 Å². The summed E-state index contributed by atoms with van der Waals surface area (Å²) < 4.78 is 4.99. The molecule has 0 aliphatic rings. The van der Waals surface area contributed by atoms with Crippen molar-refractivity contribution in [1.29, 1.82) is 0 Å². The first kappa shape index (κ1) is 12.1. The van der Waals surface area contributed by atoms with E-state index in [1.807, 2.05) is 6.07 Å². The summed E-state index contributed by atoms with van der Waals surface area (Å²) in [5.74, 6) is -0.391. The Hall–Kier alpha value is -2.36. The second kappa shape index (κ2) is 5.31. The molecule has 4 nitrogen and oxygen atoms in total. The molecule has 0 bridgehead atoms. The molecular formula is C14H13NO3. The highest BCUT2D eigenvalue weighted by Gasteiger charge is 2.13. The SMILES string of the molecule is CCOC(=O)c1ccccc1-c1cccc(=O)[nH]1. The van der Waals surface area contributed by atoms with Crippen LogP contribution in [0.3, 0.4) is 0 Å². The molecule has 0 spiro atoms. The first-order chi connectivity index (χ1) is 8.72. The molecule has 0 amide bonds. The molecule has 1 aromatic carbocycles. The maximum atomic E-state index is 11.8. The zero-order chi connectivity index (χ0) is 13.0. The Balaban J connectivity index is 2.51. The van der Waals surface area contributed by atoms with E-state index < -0.39 is 5.97 Å². The third kappa shape index (κ3) is 2.48. The van der Waals surface area contributed by atoms with Gasteiger partial charge >= 0.3 is 5.97 Å². The van der Waals surface area contributed by atoms with Gasteiger partial charge in [-0.25, -0.2) is 4.79 Å². The second-order valence-electron chi connectivity index (χ2n) is 3.69. The molecule has 0 radical (unpaired) electrons. The zero-order valence-electron chi connectivity index (χ0n) is 9.97. The van der Waals surface area contributed by atoms with Crippen molar-refractivity contribution in [3.63, 3.8) is 0 Å². The van der Waals surface area contributed by atoms with E-state index in [2.05, 4.69) is 4.98 Å². The van der Waals surface area contributed by atoms with Crippen molar-refractivity contribution in [3.05, 3.63) is 58.4 Å². The van der Waals surface area contributed by atoms with E-state index in [1.54, 1.807) is 37.3 Å². The molecule has 92 valence electrons. The number of carbonyl (C=O) groups excluding carboxylic acids is 1. The van der Waals surface area contributed by atoms with Crippen molar-refractivity contribution in [2.45, 2.75) is 6.92 Å². The Bertz CT molecular complexity index is 616. The molecule has 1 aromatic heterocycles. The molecular weight excluding hydrogens is 230 g/mol. The Labute approximate surface area is 104 Å². The number of esters is 1. The summed E-state index contributed by atoms with van der Waals surface area (Å²) in [5, 5.41) is 0. The van der Waals surface area contributed by atoms with E-state index in [4.69, 9.17) is 4.74 Å². The number of H-pyrrole nitrogens is 1. The number of nitrogens with one attached hydrogen (secondary N) is 1. The van der Waals surface area contributed by atoms with E-state index in [9.17, 15) is 9.59 Å². The lowest BCUT2D eigenvalue weighted by atomic mass is 10.0. The van der Waals surface area contributed by atoms with Crippen LogP contribution in [0, 0.1) is 0 Å². The normalized spacial score (nSPS) is 10.1. The topological polar surface area (TPSA) is 59.2 Å². The number of ether oxygens (including phenoxy) is 1. The lowest BCUT2D eigenvalue weighted by Crippen LogP contribution is -2.09. The molecule has 0 aliphatic heterocycles. The van der Waals surface area contributed by atoms with Crippen LogP contribution < -0.4 is 5.56 Å². The predicted octanol–water partition coefficient (Wildman–Crippen LogP) is 2.22. The highest BCUT2D eigenvalue weighted by molar-refractivity contribution is 5.96. The summed E-state index contributed by atoms with van der Waals surface area (Å²) in [6, 6.07) is 11.8. The number of hydrogen-bond acceptors (Lipinski definition) is 3. The standard InChI is InChI=1S/C14H13NO3/c1-2-18-14(17)11-7-4-3-6-10(11)12-8-5-9-13(16)15-12/h3-9H,2H2,1H3,(H,15,16). The summed E-state index contributed by atoms with van der Waals surface area (Å²) in [5.41, 5.74) is 1.51. The maximum Gasteiger partial charge on any atom is 0.338 e. The van der Waals surface area contributed by atoms with E-state index in [0.717, 1.165) is 0 Å². The average molecular weight is 243 g/mol. The molecule has 0 saturated carbocycles. The van der Waals surface area contributed by atoms with E-state index in [0.29, 0.717) is 23.4 Å². The van der Waals surface area contributed by atoms with Gasteiger partial charge in [0.1, 0.15) is 0 Å². The number of hydrogen-bond donors (Lipinski definition) is 1. The number of rotatable bonds is 3. The average Bonchev–Trinajstić information content (AvgIpc) is 2.39. The third-order valence-corrected chi connectivity index (χ3v) is 2.48. The van der Waals surface area contributed by atoms with Crippen molar-refractivity contribution in [1.82, 2.24) is 4.98 Å². The molecule has 0 fully saturated rings. The van der Waals surface area contributed by atoms with Crippen molar-refractivity contribution >= 4 is 5.97 Å². The highest BCUT2D eigenvalue weighted by Crippen LogP contribution is 2.21. The van der Waals surface area contributed by atoms with Crippen LogP contribution in [0.2, 0.25) is 0 Å². The quantitative estimate of drug-likeness (QED) is 0.841. The Morgan fingerprint density at radius 3 is 2.67 bits per heavy atom. The first-order valence-electron chi connectivity index (χ1n) is 5.68. The largest absolute Gasteiger partial charge is 0.462 e. The van der Waals surface area contributed by atoms with Gasteiger partial charge in [0.15, 0.2) is 0 Å². The monoisotopic (exact) mass is 243 g/mol. The molecule has 0 saturated heterocycles. The van der Waals surface area contributed by atoms with Crippen molar-refractivity contribution in [2.24, 2.45) is 0 Å². The minimum Gasteiger partial charge on any atom is -0.462 e. The number of carbonyl (C=O) groups is 1. The molecule has 2 aromatic rings. The molecule has 0 aliphatic carbocycles. The smallest absolute Gasteiger partial charge is 0.338 e. The van der Waals surface area contributed by atoms with Crippen molar-refractivity contribution in [2.75, 3.05) is 6.61 Å². The van der Waals surface area contributed by atoms with Crippen molar-refractivity contribution in [3.8, 4) is 11.3 Å². The van der Waals surface area contributed by atoms with Gasteiger partial charge in [-0.3, -0.25) is 4.79 Å². The maximum absolute atomic E-state index is 11.8. The van der Waals surface area contributed by atoms with Gasteiger partial charge in [0.2, 0.25) is 5.56 Å². The minimum absolute atomic E-state index is 0.203. The third-order valence-electron chi connectivity index (χ3n) is 2.48. The Morgan fingerprint density at radius 1 is 1.17 bits per heavy atom. The minimum atomic E-state index is -0.391. The predicted molar refractivity (Wildman–Crippen MR) is 68.5 cm³/mol. The molecule has 1 heterocycles. The Kier molecular flexibility index (Phi) is 3.57. The lowest BCUT2D eigenvalue weighted by Gasteiger charge is -2.08. The molecule has 1 N–H and O–H groups in total. The summed E-state index contributed by atoms with van der Waals surface area (Å²) in [4.78, 5) is 25.8. The van der Waals surface area contributed by atoms with Crippen LogP contribution in [0.5, 0.6) is 0 Å². The summed E-state index contributed by atoms with van der Waals surface area (Å²) in [6.07, 6.45) is 0. The number of benzene rings is 1. The van der Waals surface area contributed by atoms with Crippen LogP contribution in [0.15, 0.2) is 47.3 Å². The van der Waals surface area contributed by atoms with E-state index >= 15 is 0 Å². The fraction of sp³-hybridized carbons (Fsp3) is 0.143.